The van der Waals surface area contributed by atoms with E-state index in [2.05, 4.69) is 5.32 Å². The summed E-state index contributed by atoms with van der Waals surface area (Å²) in [6.07, 6.45) is 0. The van der Waals surface area contributed by atoms with E-state index in [0.717, 1.165) is 16.9 Å². The van der Waals surface area contributed by atoms with Crippen molar-refractivity contribution in [2.75, 3.05) is 12.4 Å². The zero-order valence-corrected chi connectivity index (χ0v) is 15.1. The molecule has 0 saturated heterocycles. The van der Waals surface area contributed by atoms with Gasteiger partial charge < -0.3 is 19.6 Å². The molecule has 0 aliphatic carbocycles. The van der Waals surface area contributed by atoms with E-state index in [9.17, 15) is 4.79 Å². The second kappa shape index (κ2) is 7.54. The Balaban J connectivity index is 1.77. The predicted molar refractivity (Wildman–Crippen MR) is 101 cm³/mol. The number of carbonyl (C=O) groups is 1. The van der Waals surface area contributed by atoms with Crippen molar-refractivity contribution in [3.63, 3.8) is 0 Å². The maximum absolute atomic E-state index is 11.1. The van der Waals surface area contributed by atoms with Gasteiger partial charge in [-0.2, -0.15) is 0 Å². The standard InChI is InChI=1S/C20H18ClNO4/c1-12-3-4-13(9-16(12)21)18-8-6-15(26-18)11-22-17-10-14(20(23)24)5-7-19(17)25-2/h3-10,22H,11H2,1-2H3,(H,23,24). The molecule has 2 N–H and O–H groups in total. The van der Waals surface area contributed by atoms with Crippen LogP contribution in [0.1, 0.15) is 21.7 Å². The maximum atomic E-state index is 11.1. The number of halogens is 1. The Labute approximate surface area is 156 Å². The second-order valence-corrected chi connectivity index (χ2v) is 6.21. The zero-order valence-electron chi connectivity index (χ0n) is 14.4. The fourth-order valence-electron chi connectivity index (χ4n) is 2.54. The molecular weight excluding hydrogens is 354 g/mol. The minimum absolute atomic E-state index is 0.183. The summed E-state index contributed by atoms with van der Waals surface area (Å²) in [5, 5.41) is 13.0. The molecule has 2 aromatic carbocycles. The summed E-state index contributed by atoms with van der Waals surface area (Å²) in [6, 6.07) is 14.2. The molecule has 1 aromatic heterocycles. The van der Waals surface area contributed by atoms with Gasteiger partial charge in [-0.25, -0.2) is 4.79 Å². The van der Waals surface area contributed by atoms with Crippen LogP contribution in [0.25, 0.3) is 11.3 Å². The van der Waals surface area contributed by atoms with Crippen LogP contribution in [-0.4, -0.2) is 18.2 Å². The highest BCUT2D eigenvalue weighted by Gasteiger charge is 2.11. The summed E-state index contributed by atoms with van der Waals surface area (Å²) in [4.78, 5) is 11.1. The number of hydrogen-bond acceptors (Lipinski definition) is 4. The summed E-state index contributed by atoms with van der Waals surface area (Å²) in [5.41, 5.74) is 2.68. The fourth-order valence-corrected chi connectivity index (χ4v) is 2.72. The average Bonchev–Trinajstić information content (AvgIpc) is 3.11. The van der Waals surface area contributed by atoms with Crippen molar-refractivity contribution in [1.29, 1.82) is 0 Å². The molecule has 0 radical (unpaired) electrons. The molecule has 0 fully saturated rings. The van der Waals surface area contributed by atoms with E-state index in [1.807, 2.05) is 37.3 Å². The Morgan fingerprint density at radius 1 is 1.19 bits per heavy atom. The van der Waals surface area contributed by atoms with Gasteiger partial charge in [0.15, 0.2) is 0 Å². The minimum Gasteiger partial charge on any atom is -0.495 e. The molecule has 0 aliphatic heterocycles. The Bertz CT molecular complexity index is 949. The van der Waals surface area contributed by atoms with Crippen molar-refractivity contribution in [2.24, 2.45) is 0 Å². The quantitative estimate of drug-likeness (QED) is 0.621. The van der Waals surface area contributed by atoms with Gasteiger partial charge in [0.05, 0.1) is 24.9 Å². The highest BCUT2D eigenvalue weighted by Crippen LogP contribution is 2.29. The lowest BCUT2D eigenvalue weighted by Crippen LogP contribution is -2.03. The lowest BCUT2D eigenvalue weighted by atomic mass is 10.1. The number of carboxylic acid groups (broad SMARTS) is 1. The molecule has 0 saturated carbocycles. The van der Waals surface area contributed by atoms with Crippen LogP contribution in [0.3, 0.4) is 0 Å². The Kier molecular flexibility index (Phi) is 5.19. The van der Waals surface area contributed by atoms with E-state index >= 15 is 0 Å². The van der Waals surface area contributed by atoms with Crippen LogP contribution in [-0.2, 0) is 6.54 Å². The van der Waals surface area contributed by atoms with Crippen molar-refractivity contribution in [2.45, 2.75) is 13.5 Å². The molecule has 0 atom stereocenters. The number of ether oxygens (including phenoxy) is 1. The Morgan fingerprint density at radius 3 is 2.69 bits per heavy atom. The van der Waals surface area contributed by atoms with Crippen LogP contribution in [0.2, 0.25) is 5.02 Å². The average molecular weight is 372 g/mol. The third-order valence-electron chi connectivity index (χ3n) is 4.02. The van der Waals surface area contributed by atoms with Gasteiger partial charge in [-0.3, -0.25) is 0 Å². The number of hydrogen-bond donors (Lipinski definition) is 2. The molecule has 6 heteroatoms. The number of methoxy groups -OCH3 is 1. The molecule has 3 aromatic rings. The van der Waals surface area contributed by atoms with Crippen LogP contribution in [0, 0.1) is 6.92 Å². The van der Waals surface area contributed by atoms with Gasteiger partial charge in [0.1, 0.15) is 17.3 Å². The van der Waals surface area contributed by atoms with E-state index in [4.69, 9.17) is 25.9 Å². The summed E-state index contributed by atoms with van der Waals surface area (Å²) in [7, 11) is 1.53. The molecule has 134 valence electrons. The molecule has 3 rings (SSSR count). The summed E-state index contributed by atoms with van der Waals surface area (Å²) in [6.45, 7) is 2.33. The van der Waals surface area contributed by atoms with Crippen molar-refractivity contribution < 1.29 is 19.1 Å². The number of aromatic carboxylic acids is 1. The molecular formula is C20H18ClNO4. The van der Waals surface area contributed by atoms with E-state index in [1.54, 1.807) is 6.07 Å². The van der Waals surface area contributed by atoms with Gasteiger partial charge in [0.25, 0.3) is 0 Å². The number of rotatable bonds is 6. The van der Waals surface area contributed by atoms with Crippen molar-refractivity contribution in [3.8, 4) is 17.1 Å². The lowest BCUT2D eigenvalue weighted by molar-refractivity contribution is 0.0697. The summed E-state index contributed by atoms with van der Waals surface area (Å²) in [5.74, 6) is 0.994. The number of furan rings is 1. The first-order valence-corrected chi connectivity index (χ1v) is 8.36. The fraction of sp³-hybridized carbons (Fsp3) is 0.150. The number of benzene rings is 2. The number of nitrogens with one attached hydrogen (secondary N) is 1. The van der Waals surface area contributed by atoms with Crippen LogP contribution in [0.15, 0.2) is 52.9 Å². The second-order valence-electron chi connectivity index (χ2n) is 5.80. The van der Waals surface area contributed by atoms with E-state index in [0.29, 0.717) is 28.8 Å². The van der Waals surface area contributed by atoms with Crippen molar-refractivity contribution in [1.82, 2.24) is 0 Å². The molecule has 0 unspecified atom stereocenters. The van der Waals surface area contributed by atoms with Gasteiger partial charge in [-0.15, -0.1) is 0 Å². The molecule has 0 spiro atoms. The Morgan fingerprint density at radius 2 is 2.00 bits per heavy atom. The lowest BCUT2D eigenvalue weighted by Gasteiger charge is -2.11. The van der Waals surface area contributed by atoms with Crippen molar-refractivity contribution in [3.05, 3.63) is 70.4 Å². The van der Waals surface area contributed by atoms with Gasteiger partial charge in [-0.05, 0) is 48.9 Å². The highest BCUT2D eigenvalue weighted by molar-refractivity contribution is 6.31. The predicted octanol–water partition coefficient (Wildman–Crippen LogP) is 5.23. The number of anilines is 1. The normalized spacial score (nSPS) is 10.6. The molecule has 1 heterocycles. The van der Waals surface area contributed by atoms with Gasteiger partial charge in [0, 0.05) is 10.6 Å². The number of aryl methyl sites for hydroxylation is 1. The summed E-state index contributed by atoms with van der Waals surface area (Å²) >= 11 is 6.17. The van der Waals surface area contributed by atoms with Crippen LogP contribution in [0.5, 0.6) is 5.75 Å². The van der Waals surface area contributed by atoms with E-state index in [1.165, 1.54) is 19.2 Å². The molecule has 5 nitrogen and oxygen atoms in total. The third-order valence-corrected chi connectivity index (χ3v) is 4.42. The van der Waals surface area contributed by atoms with Crippen LogP contribution < -0.4 is 10.1 Å². The van der Waals surface area contributed by atoms with Crippen LogP contribution >= 0.6 is 11.6 Å². The largest absolute Gasteiger partial charge is 0.495 e. The van der Waals surface area contributed by atoms with E-state index in [-0.39, 0.29) is 5.56 Å². The SMILES string of the molecule is COc1ccc(C(=O)O)cc1NCc1ccc(-c2ccc(C)c(Cl)c2)o1. The maximum Gasteiger partial charge on any atom is 0.335 e. The van der Waals surface area contributed by atoms with Crippen LogP contribution in [0.4, 0.5) is 5.69 Å². The van der Waals surface area contributed by atoms with Gasteiger partial charge in [0.2, 0.25) is 0 Å². The monoisotopic (exact) mass is 371 g/mol. The van der Waals surface area contributed by atoms with Gasteiger partial charge in [-0.1, -0.05) is 23.7 Å². The first-order chi connectivity index (χ1) is 12.5. The third kappa shape index (κ3) is 3.83. The van der Waals surface area contributed by atoms with Crippen molar-refractivity contribution >= 4 is 23.3 Å². The molecule has 0 bridgehead atoms. The Hall–Kier alpha value is -2.92. The first kappa shape index (κ1) is 17.9. The molecule has 0 amide bonds. The smallest absolute Gasteiger partial charge is 0.335 e. The molecule has 0 aliphatic rings. The first-order valence-electron chi connectivity index (χ1n) is 7.98. The minimum atomic E-state index is -0.993. The highest BCUT2D eigenvalue weighted by atomic mass is 35.5. The van der Waals surface area contributed by atoms with Gasteiger partial charge >= 0.3 is 5.97 Å². The zero-order chi connectivity index (χ0) is 18.7. The topological polar surface area (TPSA) is 71.7 Å². The van der Waals surface area contributed by atoms with E-state index < -0.39 is 5.97 Å². The summed E-state index contributed by atoms with van der Waals surface area (Å²) < 4.78 is 11.1. The molecule has 26 heavy (non-hydrogen) atoms. The number of carboxylic acids is 1.